The number of rotatable bonds is 7. The molecule has 2 aliphatic heterocycles. The number of halogens is 2. The van der Waals surface area contributed by atoms with Gasteiger partial charge in [-0.1, -0.05) is 59.6 Å². The summed E-state index contributed by atoms with van der Waals surface area (Å²) in [5, 5.41) is 18.7. The standard InChI is InChI=1S/C22H19ClN8O3S.C21H18ClN9O.2H2S/c1-35(33,34)21-25-17-9-11-24-31(17)22(26-21)28-12-5-8-16(28)19-27-29-13-10-15(23)18(29)20(32)30(19)14-6-3-2-4-7-14;22-14-9-12-29-17(14)19(32)30(13-5-2-1-3-6-13)18(27-29)15-7-4-11-28(15)21-26-20(23)25-16-8-10-24-31(16)21;;/h2-4,6-7,9-11,13,16H,5,8,12H2,1H3;1-3,5-6,8-10,12,15H,4,7,11H2,(H2,23,25);2*1H2/t16-;15-;;/m00../s1. The number of nitrogens with zero attached hydrogens (tertiary/aromatic N) is 16. The zero-order chi connectivity index (χ0) is 46.1. The zero-order valence-electron chi connectivity index (χ0n) is 36.3. The predicted octanol–water partition coefficient (Wildman–Crippen LogP) is 5.05. The van der Waals surface area contributed by atoms with Crippen LogP contribution < -0.4 is 26.7 Å². The number of fused-ring (bicyclic) bond motifs is 4. The van der Waals surface area contributed by atoms with Crippen molar-refractivity contribution in [3.63, 3.8) is 0 Å². The monoisotopic (exact) mass is 1030 g/mol. The minimum atomic E-state index is -3.67. The third kappa shape index (κ3) is 8.19. The average Bonchev–Trinajstić information content (AvgIpc) is 4.19. The molecule has 0 bridgehead atoms. The Morgan fingerprint density at radius 1 is 0.609 bits per heavy atom. The number of anilines is 3. The van der Waals surface area contributed by atoms with Crippen molar-refractivity contribution in [1.82, 2.24) is 67.5 Å². The fourth-order valence-corrected chi connectivity index (χ4v) is 9.84. The smallest absolute Gasteiger partial charge is 0.284 e. The van der Waals surface area contributed by atoms with Gasteiger partial charge in [0, 0.05) is 43.9 Å². The molecule has 2 aromatic carbocycles. The maximum Gasteiger partial charge on any atom is 0.284 e. The molecule has 12 rings (SSSR count). The molecular formula is C43H41Cl2N17O4S3. The van der Waals surface area contributed by atoms with Crippen LogP contribution in [-0.4, -0.2) is 95.3 Å². The van der Waals surface area contributed by atoms with Gasteiger partial charge >= 0.3 is 0 Å². The van der Waals surface area contributed by atoms with E-state index in [9.17, 15) is 18.0 Å². The molecule has 10 aromatic rings. The molecular weight excluding hydrogens is 986 g/mol. The second-order valence-electron chi connectivity index (χ2n) is 15.9. The molecule has 2 aliphatic rings. The molecule has 2 fully saturated rings. The lowest BCUT2D eigenvalue weighted by molar-refractivity contribution is 0.578. The Morgan fingerprint density at radius 2 is 1.06 bits per heavy atom. The number of hydrogen-bond acceptors (Lipinski definition) is 15. The van der Waals surface area contributed by atoms with Gasteiger partial charge in [0.15, 0.2) is 22.9 Å². The Morgan fingerprint density at radius 3 is 1.52 bits per heavy atom. The molecule has 2 N–H and O–H groups in total. The fourth-order valence-electron chi connectivity index (χ4n) is 8.88. The second kappa shape index (κ2) is 18.5. The van der Waals surface area contributed by atoms with E-state index in [1.165, 1.54) is 15.2 Å². The summed E-state index contributed by atoms with van der Waals surface area (Å²) < 4.78 is 34.0. The molecule has 2 atom stereocenters. The first kappa shape index (κ1) is 47.1. The van der Waals surface area contributed by atoms with Gasteiger partial charge < -0.3 is 15.5 Å². The fraction of sp³-hybridized carbons (Fsp3) is 0.209. The SMILES string of the molecule is CS(=O)(=O)c1nc(N2CCC[C@H]2c2nn3ccc(Cl)c3c(=O)n2-c2ccccc2)n2nccc2n1.Nc1nc(N2CCC[C@H]2c2nn3ccc(Cl)c3c(=O)n2-c2ccccc2)n2nccc2n1.S.S. The van der Waals surface area contributed by atoms with E-state index in [2.05, 4.69) is 35.0 Å². The predicted molar refractivity (Wildman–Crippen MR) is 270 cm³/mol. The van der Waals surface area contributed by atoms with E-state index in [4.69, 9.17) is 39.1 Å². The summed E-state index contributed by atoms with van der Waals surface area (Å²) in [6.07, 6.45) is 10.7. The summed E-state index contributed by atoms with van der Waals surface area (Å²) in [6, 6.07) is 24.8. The van der Waals surface area contributed by atoms with Crippen LogP contribution in [0.1, 0.15) is 49.4 Å². The molecule has 0 aliphatic carbocycles. The molecule has 2 saturated heterocycles. The van der Waals surface area contributed by atoms with Gasteiger partial charge in [0.05, 0.1) is 45.9 Å². The molecule has 10 heterocycles. The van der Waals surface area contributed by atoms with Crippen molar-refractivity contribution in [3.05, 3.63) is 152 Å². The Kier molecular flexibility index (Phi) is 12.6. The van der Waals surface area contributed by atoms with Crippen molar-refractivity contribution in [2.24, 2.45) is 0 Å². The molecule has 21 nitrogen and oxygen atoms in total. The molecule has 0 unspecified atom stereocenters. The second-order valence-corrected chi connectivity index (χ2v) is 18.7. The Balaban J connectivity index is 0.000000168. The first-order valence-corrected chi connectivity index (χ1v) is 23.7. The van der Waals surface area contributed by atoms with E-state index >= 15 is 0 Å². The minimum Gasteiger partial charge on any atom is -0.368 e. The highest BCUT2D eigenvalue weighted by Gasteiger charge is 2.36. The van der Waals surface area contributed by atoms with E-state index in [0.29, 0.717) is 75.6 Å². The summed E-state index contributed by atoms with van der Waals surface area (Å²) in [6.45, 7) is 1.28. The summed E-state index contributed by atoms with van der Waals surface area (Å²) in [5.41, 5.74) is 8.41. The van der Waals surface area contributed by atoms with Crippen molar-refractivity contribution in [2.45, 2.75) is 42.9 Å². The number of nitrogens with two attached hydrogens (primary N) is 1. The van der Waals surface area contributed by atoms with E-state index < -0.39 is 9.84 Å². The Hall–Kier alpha value is -6.99. The van der Waals surface area contributed by atoms with Crippen molar-refractivity contribution >= 4 is 100 Å². The van der Waals surface area contributed by atoms with Crippen molar-refractivity contribution in [2.75, 3.05) is 34.9 Å². The molecule has 0 saturated carbocycles. The lowest BCUT2D eigenvalue weighted by atomic mass is 10.2. The first-order chi connectivity index (χ1) is 32.4. The summed E-state index contributed by atoms with van der Waals surface area (Å²) in [7, 11) is -3.67. The van der Waals surface area contributed by atoms with Crippen molar-refractivity contribution in [3.8, 4) is 11.4 Å². The van der Waals surface area contributed by atoms with Gasteiger partial charge in [-0.15, -0.1) is 0 Å². The van der Waals surface area contributed by atoms with E-state index in [0.717, 1.165) is 31.2 Å². The molecule has 0 radical (unpaired) electrons. The van der Waals surface area contributed by atoms with Crippen molar-refractivity contribution < 1.29 is 8.42 Å². The molecule has 8 aromatic heterocycles. The van der Waals surface area contributed by atoms with Crippen LogP contribution in [-0.2, 0) is 9.84 Å². The summed E-state index contributed by atoms with van der Waals surface area (Å²) >= 11 is 12.6. The lowest BCUT2D eigenvalue weighted by Gasteiger charge is -2.27. The van der Waals surface area contributed by atoms with E-state index in [-0.39, 0.29) is 66.8 Å². The zero-order valence-corrected chi connectivity index (χ0v) is 40.6. The Bertz CT molecular complexity index is 3790. The van der Waals surface area contributed by atoms with Gasteiger partial charge in [-0.05, 0) is 62.1 Å². The highest BCUT2D eigenvalue weighted by Crippen LogP contribution is 2.37. The largest absolute Gasteiger partial charge is 0.368 e. The van der Waals surface area contributed by atoms with Crippen LogP contribution in [0.5, 0.6) is 0 Å². The van der Waals surface area contributed by atoms with Crippen LogP contribution >= 0.6 is 50.2 Å². The maximum absolute atomic E-state index is 13.7. The molecule has 0 amide bonds. The lowest BCUT2D eigenvalue weighted by Crippen LogP contribution is -2.34. The number of para-hydroxylation sites is 2. The first-order valence-electron chi connectivity index (χ1n) is 21.1. The number of hydrogen-bond donors (Lipinski definition) is 1. The topological polar surface area (TPSA) is 231 Å². The highest BCUT2D eigenvalue weighted by molar-refractivity contribution is 7.90. The van der Waals surface area contributed by atoms with Gasteiger partial charge in [0.2, 0.25) is 27.7 Å². The highest BCUT2D eigenvalue weighted by atomic mass is 35.5. The van der Waals surface area contributed by atoms with Crippen LogP contribution in [0.2, 0.25) is 10.0 Å². The van der Waals surface area contributed by atoms with Gasteiger partial charge in [0.25, 0.3) is 16.3 Å². The average molecular weight is 1030 g/mol. The number of aromatic nitrogens is 14. The van der Waals surface area contributed by atoms with Crippen LogP contribution in [0, 0.1) is 0 Å². The Labute approximate surface area is 415 Å². The molecule has 26 heteroatoms. The van der Waals surface area contributed by atoms with Gasteiger partial charge in [-0.25, -0.2) is 17.4 Å². The number of sulfone groups is 1. The maximum atomic E-state index is 13.7. The summed E-state index contributed by atoms with van der Waals surface area (Å²) in [5.74, 6) is 2.14. The quantitative estimate of drug-likeness (QED) is 0.220. The van der Waals surface area contributed by atoms with Crippen LogP contribution in [0.25, 0.3) is 33.7 Å². The summed E-state index contributed by atoms with van der Waals surface area (Å²) in [4.78, 5) is 48.5. The molecule has 0 spiro atoms. The minimum absolute atomic E-state index is 0. The number of benzene rings is 2. The third-order valence-corrected chi connectivity index (χ3v) is 13.2. The van der Waals surface area contributed by atoms with Gasteiger partial charge in [-0.2, -0.15) is 76.4 Å². The van der Waals surface area contributed by atoms with Gasteiger partial charge in [-0.3, -0.25) is 18.7 Å². The van der Waals surface area contributed by atoms with E-state index in [1.807, 2.05) is 65.6 Å². The van der Waals surface area contributed by atoms with Crippen molar-refractivity contribution in [1.29, 1.82) is 0 Å². The van der Waals surface area contributed by atoms with Crippen LogP contribution in [0.3, 0.4) is 0 Å². The molecule has 354 valence electrons. The molecule has 69 heavy (non-hydrogen) atoms. The van der Waals surface area contributed by atoms with Gasteiger partial charge in [0.1, 0.15) is 11.0 Å². The number of nitrogen functional groups attached to an aromatic ring is 1. The normalized spacial score (nSPS) is 16.0. The van der Waals surface area contributed by atoms with Crippen LogP contribution in [0.15, 0.2) is 124 Å². The van der Waals surface area contributed by atoms with Crippen LogP contribution in [0.4, 0.5) is 17.8 Å². The third-order valence-electron chi connectivity index (χ3n) is 11.8. The van der Waals surface area contributed by atoms with E-state index in [1.54, 1.807) is 61.0 Å².